The van der Waals surface area contributed by atoms with Crippen LogP contribution in [-0.4, -0.2) is 0 Å². The van der Waals surface area contributed by atoms with E-state index in [4.69, 9.17) is 0 Å². The van der Waals surface area contributed by atoms with Gasteiger partial charge in [0, 0.05) is 0 Å². The van der Waals surface area contributed by atoms with Crippen molar-refractivity contribution in [1.29, 1.82) is 0 Å². The predicted molar refractivity (Wildman–Crippen MR) is 241 cm³/mol. The van der Waals surface area contributed by atoms with Crippen LogP contribution in [-0.2, 0) is 0 Å². The van der Waals surface area contributed by atoms with Crippen LogP contribution in [0.4, 0.5) is 0 Å². The third kappa shape index (κ3) is 4.79. The lowest BCUT2D eigenvalue weighted by Gasteiger charge is -2.16. The SMILES string of the molecule is c1ccc(-c2cc(-c3ccc(-c4cccc(-c5ccc6ccc7cccc8ccc5c6c78)c4)cc3)cc(-c3ccc4ccc5cccc6ccc3c4c56)c2)cc1. The molecule has 12 aromatic carbocycles. The van der Waals surface area contributed by atoms with Crippen molar-refractivity contribution in [2.24, 2.45) is 0 Å². The third-order valence-corrected chi connectivity index (χ3v) is 12.1. The van der Waals surface area contributed by atoms with Crippen LogP contribution in [0, 0.1) is 0 Å². The van der Waals surface area contributed by atoms with Gasteiger partial charge in [0.1, 0.15) is 0 Å². The van der Waals surface area contributed by atoms with Gasteiger partial charge in [-0.05, 0) is 145 Å². The van der Waals surface area contributed by atoms with Crippen LogP contribution < -0.4 is 0 Å². The Kier molecular flexibility index (Phi) is 6.73. The molecule has 0 heteroatoms. The summed E-state index contributed by atoms with van der Waals surface area (Å²) in [6.07, 6.45) is 0. The summed E-state index contributed by atoms with van der Waals surface area (Å²) in [7, 11) is 0. The minimum atomic E-state index is 1.20. The smallest absolute Gasteiger partial charge is 0.00206 e. The summed E-state index contributed by atoms with van der Waals surface area (Å²) in [4.78, 5) is 0. The van der Waals surface area contributed by atoms with E-state index in [1.165, 1.54) is 120 Å². The fourth-order valence-electron chi connectivity index (χ4n) is 9.44. The molecule has 0 fully saturated rings. The largest absolute Gasteiger partial charge is 0.0622 e. The summed E-state index contributed by atoms with van der Waals surface area (Å²) < 4.78 is 0. The lowest BCUT2D eigenvalue weighted by Crippen LogP contribution is -1.90. The van der Waals surface area contributed by atoms with E-state index in [2.05, 4.69) is 206 Å². The molecule has 258 valence electrons. The van der Waals surface area contributed by atoms with Crippen molar-refractivity contribution in [2.75, 3.05) is 0 Å². The average molecular weight is 707 g/mol. The summed E-state index contributed by atoms with van der Waals surface area (Å²) in [5, 5.41) is 15.7. The molecule has 0 spiro atoms. The second-order valence-electron chi connectivity index (χ2n) is 15.3. The number of rotatable bonds is 5. The molecule has 0 amide bonds. The quantitative estimate of drug-likeness (QED) is 0.156. The first-order chi connectivity index (χ1) is 27.7. The van der Waals surface area contributed by atoms with E-state index in [1.54, 1.807) is 0 Å². The first-order valence-corrected chi connectivity index (χ1v) is 19.5. The highest BCUT2D eigenvalue weighted by Crippen LogP contribution is 2.43. The van der Waals surface area contributed by atoms with E-state index < -0.39 is 0 Å². The zero-order valence-electron chi connectivity index (χ0n) is 30.6. The van der Waals surface area contributed by atoms with Crippen molar-refractivity contribution in [3.05, 3.63) is 206 Å². The van der Waals surface area contributed by atoms with Crippen LogP contribution in [0.15, 0.2) is 206 Å². The Labute approximate surface area is 325 Å². The van der Waals surface area contributed by atoms with Crippen LogP contribution in [0.2, 0.25) is 0 Å². The Morgan fingerprint density at radius 2 is 0.536 bits per heavy atom. The first-order valence-electron chi connectivity index (χ1n) is 19.5. The van der Waals surface area contributed by atoms with Crippen molar-refractivity contribution in [2.45, 2.75) is 0 Å². The maximum Gasteiger partial charge on any atom is -0.00206 e. The minimum absolute atomic E-state index is 1.20. The van der Waals surface area contributed by atoms with Gasteiger partial charge < -0.3 is 0 Å². The van der Waals surface area contributed by atoms with Crippen LogP contribution in [0.25, 0.3) is 120 Å². The van der Waals surface area contributed by atoms with Crippen LogP contribution >= 0.6 is 0 Å². The molecule has 0 heterocycles. The van der Waals surface area contributed by atoms with Crippen molar-refractivity contribution in [3.63, 3.8) is 0 Å². The molecule has 0 aliphatic carbocycles. The average Bonchev–Trinajstić information content (AvgIpc) is 3.27. The normalized spacial score (nSPS) is 11.9. The Bertz CT molecular complexity index is 3410. The fourth-order valence-corrected chi connectivity index (χ4v) is 9.44. The van der Waals surface area contributed by atoms with E-state index in [1.807, 2.05) is 0 Å². The molecule has 56 heavy (non-hydrogen) atoms. The minimum Gasteiger partial charge on any atom is -0.0622 e. The first kappa shape index (κ1) is 31.1. The molecule has 0 aliphatic rings. The summed E-state index contributed by atoms with van der Waals surface area (Å²) in [5.74, 6) is 0. The zero-order valence-corrected chi connectivity index (χ0v) is 30.6. The number of hydrogen-bond acceptors (Lipinski definition) is 0. The van der Waals surface area contributed by atoms with Gasteiger partial charge in [-0.15, -0.1) is 0 Å². The Balaban J connectivity index is 0.961. The van der Waals surface area contributed by atoms with E-state index in [9.17, 15) is 0 Å². The highest BCUT2D eigenvalue weighted by molar-refractivity contribution is 6.26. The molecular formula is C56H34. The van der Waals surface area contributed by atoms with Crippen LogP contribution in [0.5, 0.6) is 0 Å². The molecule has 0 aromatic heterocycles. The standard InChI is InChI=1S/C56H34/c1-2-7-35(8-3-1)46-32-47(34-48(33-46)50-28-24-43-22-20-39-10-5-12-41-26-30-52(50)56(43)54(39)41)37-17-15-36(16-18-37)44-13-6-14-45(31-44)49-27-23-42-21-19-38-9-4-11-40-25-29-51(49)55(42)53(38)40/h1-34H. The molecule has 12 aromatic rings. The monoisotopic (exact) mass is 706 g/mol. The molecule has 0 saturated heterocycles. The van der Waals surface area contributed by atoms with Crippen molar-refractivity contribution in [1.82, 2.24) is 0 Å². The lowest BCUT2D eigenvalue weighted by atomic mass is 9.87. The highest BCUT2D eigenvalue weighted by atomic mass is 14.2. The number of benzene rings is 12. The van der Waals surface area contributed by atoms with Gasteiger partial charge in [0.25, 0.3) is 0 Å². The second kappa shape index (κ2) is 12.1. The third-order valence-electron chi connectivity index (χ3n) is 12.1. The molecule has 0 unspecified atom stereocenters. The van der Waals surface area contributed by atoms with Gasteiger partial charge in [-0.3, -0.25) is 0 Å². The summed E-state index contributed by atoms with van der Waals surface area (Å²) >= 11 is 0. The van der Waals surface area contributed by atoms with E-state index >= 15 is 0 Å². The topological polar surface area (TPSA) is 0 Å². The highest BCUT2D eigenvalue weighted by Gasteiger charge is 2.16. The van der Waals surface area contributed by atoms with Gasteiger partial charge in [0.15, 0.2) is 0 Å². The molecule has 0 radical (unpaired) electrons. The Morgan fingerprint density at radius 3 is 1.09 bits per heavy atom. The predicted octanol–water partition coefficient (Wildman–Crippen LogP) is 15.8. The molecule has 12 rings (SSSR count). The molecule has 0 atom stereocenters. The van der Waals surface area contributed by atoms with Gasteiger partial charge >= 0.3 is 0 Å². The Hall–Kier alpha value is -7.28. The molecular weight excluding hydrogens is 673 g/mol. The van der Waals surface area contributed by atoms with Crippen molar-refractivity contribution in [3.8, 4) is 55.6 Å². The molecule has 0 nitrogen and oxygen atoms in total. The molecule has 0 bridgehead atoms. The fraction of sp³-hybridized carbons (Fsp3) is 0. The number of hydrogen-bond donors (Lipinski definition) is 0. The van der Waals surface area contributed by atoms with Crippen molar-refractivity contribution < 1.29 is 0 Å². The Morgan fingerprint density at radius 1 is 0.179 bits per heavy atom. The summed E-state index contributed by atoms with van der Waals surface area (Å²) in [6.45, 7) is 0. The van der Waals surface area contributed by atoms with E-state index in [0.29, 0.717) is 0 Å². The second-order valence-corrected chi connectivity index (χ2v) is 15.3. The maximum atomic E-state index is 2.38. The van der Waals surface area contributed by atoms with Gasteiger partial charge in [-0.1, -0.05) is 182 Å². The molecule has 0 aliphatic heterocycles. The summed E-state index contributed by atoms with van der Waals surface area (Å²) in [5.41, 5.74) is 12.3. The van der Waals surface area contributed by atoms with E-state index in [0.717, 1.165) is 0 Å². The maximum absolute atomic E-state index is 2.38. The van der Waals surface area contributed by atoms with Gasteiger partial charge in [-0.25, -0.2) is 0 Å². The zero-order chi connectivity index (χ0) is 36.7. The lowest BCUT2D eigenvalue weighted by molar-refractivity contribution is 1.56. The molecule has 0 N–H and O–H groups in total. The molecule has 0 saturated carbocycles. The van der Waals surface area contributed by atoms with E-state index in [-0.39, 0.29) is 0 Å². The van der Waals surface area contributed by atoms with Gasteiger partial charge in [-0.2, -0.15) is 0 Å². The van der Waals surface area contributed by atoms with Gasteiger partial charge in [0.05, 0.1) is 0 Å². The van der Waals surface area contributed by atoms with Crippen LogP contribution in [0.1, 0.15) is 0 Å². The van der Waals surface area contributed by atoms with Gasteiger partial charge in [0.2, 0.25) is 0 Å². The van der Waals surface area contributed by atoms with Crippen molar-refractivity contribution >= 4 is 64.6 Å². The summed E-state index contributed by atoms with van der Waals surface area (Å²) in [6, 6.07) is 76.7. The van der Waals surface area contributed by atoms with Crippen LogP contribution in [0.3, 0.4) is 0 Å².